The van der Waals surface area contributed by atoms with E-state index in [4.69, 9.17) is 9.84 Å². The summed E-state index contributed by atoms with van der Waals surface area (Å²) in [4.78, 5) is 0. The molecule has 0 heterocycles. The summed E-state index contributed by atoms with van der Waals surface area (Å²) >= 11 is 2.19. The molecule has 0 saturated carbocycles. The zero-order valence-electron chi connectivity index (χ0n) is 7.46. The number of hydrogen-bond donors (Lipinski definition) is 1. The Kier molecular flexibility index (Phi) is 7.85. The first-order valence-corrected chi connectivity index (χ1v) is 5.08. The first kappa shape index (κ1) is 12.1. The maximum atomic E-state index is 8.66. The van der Waals surface area contributed by atoms with Crippen LogP contribution in [-0.2, 0) is 4.74 Å². The monoisotopic (exact) mass is 282 g/mol. The van der Waals surface area contributed by atoms with Gasteiger partial charge in [0.05, 0.1) is 6.10 Å². The van der Waals surface area contributed by atoms with Crippen molar-refractivity contribution in [2.24, 2.45) is 0 Å². The summed E-state index contributed by atoms with van der Waals surface area (Å²) in [7, 11) is 1.65. The second-order valence-corrected chi connectivity index (χ2v) is 3.12. The third-order valence-corrected chi connectivity index (χ3v) is 2.44. The van der Waals surface area contributed by atoms with Gasteiger partial charge in [-0.1, -0.05) is 34.7 Å². The van der Waals surface area contributed by atoms with Crippen molar-refractivity contribution in [2.45, 2.75) is 19.4 Å². The number of methoxy groups -OCH3 is 1. The summed E-state index contributed by atoms with van der Waals surface area (Å²) in [6, 6.07) is 0. The Morgan fingerprint density at radius 2 is 2.33 bits per heavy atom. The highest BCUT2D eigenvalue weighted by Gasteiger charge is 1.99. The summed E-state index contributed by atoms with van der Waals surface area (Å²) in [5, 5.41) is 8.66. The summed E-state index contributed by atoms with van der Waals surface area (Å²) in [5.74, 6) is 0. The van der Waals surface area contributed by atoms with Gasteiger partial charge in [-0.05, 0) is 16.6 Å². The number of halogens is 1. The molecule has 1 N–H and O–H groups in total. The minimum absolute atomic E-state index is 0.0290. The fourth-order valence-electron chi connectivity index (χ4n) is 0.715. The predicted octanol–water partition coefficient (Wildman–Crippen LogP) is 2.28. The predicted molar refractivity (Wildman–Crippen MR) is 59.4 cm³/mol. The van der Waals surface area contributed by atoms with Crippen LogP contribution < -0.4 is 0 Å². The molecule has 2 nitrogen and oxygen atoms in total. The molecule has 0 unspecified atom stereocenters. The van der Waals surface area contributed by atoms with Crippen molar-refractivity contribution in [1.29, 1.82) is 0 Å². The molecule has 0 radical (unpaired) electrons. The van der Waals surface area contributed by atoms with E-state index in [1.165, 1.54) is 5.57 Å². The van der Waals surface area contributed by atoms with Gasteiger partial charge in [0, 0.05) is 20.1 Å². The maximum Gasteiger partial charge on any atom is 0.0777 e. The molecule has 1 atom stereocenters. The first-order valence-electron chi connectivity index (χ1n) is 3.83. The third kappa shape index (κ3) is 5.74. The lowest BCUT2D eigenvalue weighted by Crippen LogP contribution is -2.08. The lowest BCUT2D eigenvalue weighted by atomic mass is 10.2. The fourth-order valence-corrected chi connectivity index (χ4v) is 0.923. The van der Waals surface area contributed by atoms with E-state index in [1.807, 2.05) is 23.2 Å². The molecule has 0 saturated heterocycles. The number of aliphatic hydroxyl groups is 1. The molecule has 0 fully saturated rings. The molecule has 0 amide bonds. The van der Waals surface area contributed by atoms with Gasteiger partial charge in [-0.2, -0.15) is 0 Å². The largest absolute Gasteiger partial charge is 0.396 e. The number of aliphatic hydroxyl groups excluding tert-OH is 1. The molecule has 3 heteroatoms. The van der Waals surface area contributed by atoms with Crippen LogP contribution in [0.25, 0.3) is 0 Å². The topological polar surface area (TPSA) is 29.5 Å². The summed E-state index contributed by atoms with van der Waals surface area (Å²) in [6.45, 7) is 2.18. The van der Waals surface area contributed by atoms with Crippen LogP contribution in [0.15, 0.2) is 21.8 Å². The Balaban J connectivity index is 3.91. The molecule has 0 aromatic heterocycles. The van der Waals surface area contributed by atoms with Gasteiger partial charge in [0.25, 0.3) is 0 Å². The highest BCUT2D eigenvalue weighted by molar-refractivity contribution is 14.1. The maximum absolute atomic E-state index is 8.66. The molecular weight excluding hydrogens is 267 g/mol. The Morgan fingerprint density at radius 3 is 2.75 bits per heavy atom. The number of hydrogen-bond acceptors (Lipinski definition) is 2. The normalized spacial score (nSPS) is 15.5. The van der Waals surface area contributed by atoms with Crippen molar-refractivity contribution in [3.8, 4) is 0 Å². The molecule has 0 aromatic carbocycles. The van der Waals surface area contributed by atoms with Gasteiger partial charge in [0.2, 0.25) is 0 Å². The van der Waals surface area contributed by atoms with E-state index in [2.05, 4.69) is 22.6 Å². The number of ether oxygens (including phenoxy) is 1. The van der Waals surface area contributed by atoms with E-state index in [0.717, 1.165) is 0 Å². The molecule has 0 aliphatic rings. The van der Waals surface area contributed by atoms with E-state index < -0.39 is 0 Å². The average molecular weight is 282 g/mol. The minimum atomic E-state index is 0.0290. The van der Waals surface area contributed by atoms with Crippen molar-refractivity contribution in [3.63, 3.8) is 0 Å². The second kappa shape index (κ2) is 7.76. The Morgan fingerprint density at radius 1 is 1.67 bits per heavy atom. The van der Waals surface area contributed by atoms with Crippen LogP contribution >= 0.6 is 22.6 Å². The van der Waals surface area contributed by atoms with Gasteiger partial charge in [-0.3, -0.25) is 0 Å². The number of rotatable bonds is 5. The van der Waals surface area contributed by atoms with Gasteiger partial charge < -0.3 is 9.84 Å². The Labute approximate surface area is 87.4 Å². The molecule has 12 heavy (non-hydrogen) atoms. The minimum Gasteiger partial charge on any atom is -0.396 e. The molecule has 0 aliphatic heterocycles. The standard InChI is InChI=1S/C9H15IO2/c1-8(7-10)3-4-9(12-2)5-6-11/h3-4,7,9,11H,5-6H2,1-2H3/b4-3+,8-7+/t9-/m0/s1. The van der Waals surface area contributed by atoms with Gasteiger partial charge in [0.1, 0.15) is 0 Å². The van der Waals surface area contributed by atoms with Crippen LogP contribution in [0.4, 0.5) is 0 Å². The van der Waals surface area contributed by atoms with Gasteiger partial charge >= 0.3 is 0 Å². The average Bonchev–Trinajstić information content (AvgIpc) is 2.11. The molecule has 0 spiro atoms. The van der Waals surface area contributed by atoms with E-state index in [9.17, 15) is 0 Å². The summed E-state index contributed by atoms with van der Waals surface area (Å²) in [6.07, 6.45) is 4.64. The lowest BCUT2D eigenvalue weighted by molar-refractivity contribution is 0.112. The smallest absolute Gasteiger partial charge is 0.0777 e. The molecule has 70 valence electrons. The molecule has 0 rings (SSSR count). The first-order chi connectivity index (χ1) is 5.74. The van der Waals surface area contributed by atoms with Crippen LogP contribution in [0.5, 0.6) is 0 Å². The molecular formula is C9H15IO2. The molecule has 0 aromatic rings. The highest BCUT2D eigenvalue weighted by Crippen LogP contribution is 2.04. The Bertz CT molecular complexity index is 164. The van der Waals surface area contributed by atoms with Crippen molar-refractivity contribution < 1.29 is 9.84 Å². The quantitative estimate of drug-likeness (QED) is 0.619. The van der Waals surface area contributed by atoms with Gasteiger partial charge in [-0.15, -0.1) is 0 Å². The lowest BCUT2D eigenvalue weighted by Gasteiger charge is -2.07. The summed E-state index contributed by atoms with van der Waals surface area (Å²) in [5.41, 5.74) is 1.19. The van der Waals surface area contributed by atoms with Crippen LogP contribution in [0, 0.1) is 0 Å². The van der Waals surface area contributed by atoms with E-state index in [-0.39, 0.29) is 12.7 Å². The van der Waals surface area contributed by atoms with Crippen LogP contribution in [0.3, 0.4) is 0 Å². The van der Waals surface area contributed by atoms with Crippen molar-refractivity contribution in [3.05, 3.63) is 21.8 Å². The van der Waals surface area contributed by atoms with E-state index in [1.54, 1.807) is 7.11 Å². The molecule has 0 aliphatic carbocycles. The Hall–Kier alpha value is 0.130. The second-order valence-electron chi connectivity index (χ2n) is 2.50. The molecule has 0 bridgehead atoms. The van der Waals surface area contributed by atoms with Crippen molar-refractivity contribution in [2.75, 3.05) is 13.7 Å². The van der Waals surface area contributed by atoms with Gasteiger partial charge in [-0.25, -0.2) is 0 Å². The highest BCUT2D eigenvalue weighted by atomic mass is 127. The number of allylic oxidation sites excluding steroid dienone is 2. The van der Waals surface area contributed by atoms with Crippen LogP contribution in [-0.4, -0.2) is 24.9 Å². The van der Waals surface area contributed by atoms with E-state index in [0.29, 0.717) is 6.42 Å². The van der Waals surface area contributed by atoms with Crippen LogP contribution in [0.1, 0.15) is 13.3 Å². The van der Waals surface area contributed by atoms with Gasteiger partial charge in [0.15, 0.2) is 0 Å². The van der Waals surface area contributed by atoms with E-state index >= 15 is 0 Å². The third-order valence-electron chi connectivity index (χ3n) is 1.46. The summed E-state index contributed by atoms with van der Waals surface area (Å²) < 4.78 is 7.11. The zero-order valence-corrected chi connectivity index (χ0v) is 9.61. The van der Waals surface area contributed by atoms with Crippen molar-refractivity contribution >= 4 is 22.6 Å². The van der Waals surface area contributed by atoms with Crippen LogP contribution in [0.2, 0.25) is 0 Å². The zero-order chi connectivity index (χ0) is 9.40. The SMILES string of the molecule is CO[C@@H](/C=C/C(C)=C/I)CCO. The van der Waals surface area contributed by atoms with Crippen molar-refractivity contribution in [1.82, 2.24) is 0 Å². The fraction of sp³-hybridized carbons (Fsp3) is 0.556.